The molecule has 35 heavy (non-hydrogen) atoms. The minimum atomic E-state index is 0.753. The molecule has 0 unspecified atom stereocenters. The van der Waals surface area contributed by atoms with Crippen molar-refractivity contribution in [3.63, 3.8) is 0 Å². The summed E-state index contributed by atoms with van der Waals surface area (Å²) in [5.74, 6) is 0.870. The Morgan fingerprint density at radius 2 is 1.86 bits per heavy atom. The van der Waals surface area contributed by atoms with Crippen LogP contribution in [0.2, 0.25) is 0 Å². The van der Waals surface area contributed by atoms with Crippen molar-refractivity contribution < 1.29 is 9.47 Å². The smallest absolute Gasteiger partial charge is 0.186 e. The van der Waals surface area contributed by atoms with Gasteiger partial charge in [-0.15, -0.1) is 11.3 Å². The van der Waals surface area contributed by atoms with Crippen LogP contribution in [0, 0.1) is 0 Å². The van der Waals surface area contributed by atoms with Gasteiger partial charge in [0.15, 0.2) is 5.13 Å². The largest absolute Gasteiger partial charge is 0.497 e. The number of thiazole rings is 1. The van der Waals surface area contributed by atoms with E-state index in [9.17, 15) is 0 Å². The van der Waals surface area contributed by atoms with Crippen molar-refractivity contribution in [2.75, 3.05) is 44.9 Å². The molecule has 0 spiro atoms. The maximum Gasteiger partial charge on any atom is 0.186 e. The summed E-state index contributed by atoms with van der Waals surface area (Å²) in [5.41, 5.74) is 4.68. The van der Waals surface area contributed by atoms with Gasteiger partial charge >= 0.3 is 0 Å². The molecule has 0 N–H and O–H groups in total. The highest BCUT2D eigenvalue weighted by Gasteiger charge is 2.16. The number of imidazole rings is 1. The second-order valence-electron chi connectivity index (χ2n) is 8.67. The number of rotatable bonds is 10. The zero-order chi connectivity index (χ0) is 23.9. The molecule has 3 heterocycles. The summed E-state index contributed by atoms with van der Waals surface area (Å²) in [6, 6.07) is 16.9. The van der Waals surface area contributed by atoms with Crippen molar-refractivity contribution in [2.24, 2.45) is 0 Å². The van der Waals surface area contributed by atoms with Gasteiger partial charge < -0.3 is 18.9 Å². The number of benzene rings is 2. The predicted octanol–water partition coefficient (Wildman–Crippen LogP) is 4.42. The molecule has 1 aliphatic heterocycles. The molecule has 4 aromatic rings. The highest BCUT2D eigenvalue weighted by molar-refractivity contribution is 7.13. The minimum absolute atomic E-state index is 0.753. The molecule has 1 aliphatic rings. The second kappa shape index (κ2) is 11.5. The van der Waals surface area contributed by atoms with E-state index in [1.807, 2.05) is 29.2 Å². The summed E-state index contributed by atoms with van der Waals surface area (Å²) < 4.78 is 13.0. The topological polar surface area (TPSA) is 55.7 Å². The van der Waals surface area contributed by atoms with Crippen LogP contribution in [0.15, 0.2) is 72.6 Å². The van der Waals surface area contributed by atoms with Gasteiger partial charge in [-0.25, -0.2) is 9.97 Å². The van der Waals surface area contributed by atoms with E-state index in [0.717, 1.165) is 74.6 Å². The van der Waals surface area contributed by atoms with Crippen molar-refractivity contribution in [3.8, 4) is 11.4 Å². The molecule has 8 heteroatoms. The van der Waals surface area contributed by atoms with Crippen LogP contribution in [0.3, 0.4) is 0 Å². The van der Waals surface area contributed by atoms with Crippen LogP contribution >= 0.6 is 11.3 Å². The van der Waals surface area contributed by atoms with E-state index >= 15 is 0 Å². The lowest BCUT2D eigenvalue weighted by Gasteiger charge is -2.26. The third-order valence-corrected chi connectivity index (χ3v) is 7.14. The van der Waals surface area contributed by atoms with E-state index in [-0.39, 0.29) is 0 Å². The Kier molecular flexibility index (Phi) is 7.72. The van der Waals surface area contributed by atoms with E-state index in [1.54, 1.807) is 24.6 Å². The molecule has 0 saturated carbocycles. The van der Waals surface area contributed by atoms with E-state index in [0.29, 0.717) is 0 Å². The van der Waals surface area contributed by atoms with Crippen LogP contribution in [0.1, 0.15) is 16.8 Å². The van der Waals surface area contributed by atoms with Crippen LogP contribution in [-0.2, 0) is 24.2 Å². The zero-order valence-corrected chi connectivity index (χ0v) is 20.9. The molecule has 0 atom stereocenters. The first-order valence-electron chi connectivity index (χ1n) is 12.0. The van der Waals surface area contributed by atoms with Gasteiger partial charge in [0.25, 0.3) is 0 Å². The van der Waals surface area contributed by atoms with Gasteiger partial charge in [0.2, 0.25) is 0 Å². The zero-order valence-electron chi connectivity index (χ0n) is 20.0. The first-order chi connectivity index (χ1) is 17.3. The standard InChI is InChI=1S/C27H31N5O2S/c1-33-26-7-3-5-23(17-26)19-32(18-22-4-2-6-25(16-22)31-11-9-28-21-31)27-29-24(20-35-27)8-10-30-12-14-34-15-13-30/h2-7,9,11,16-17,20-21H,8,10,12-15,18-19H2,1H3. The van der Waals surface area contributed by atoms with Crippen molar-refractivity contribution >= 4 is 16.5 Å². The van der Waals surface area contributed by atoms with Crippen molar-refractivity contribution in [3.05, 3.63) is 89.5 Å². The van der Waals surface area contributed by atoms with Gasteiger partial charge in [-0.2, -0.15) is 0 Å². The van der Waals surface area contributed by atoms with Gasteiger partial charge in [0.05, 0.1) is 32.3 Å². The molecule has 182 valence electrons. The van der Waals surface area contributed by atoms with Crippen LogP contribution in [0.4, 0.5) is 5.13 Å². The van der Waals surface area contributed by atoms with Gasteiger partial charge in [-0.1, -0.05) is 24.3 Å². The third-order valence-electron chi connectivity index (χ3n) is 6.19. The van der Waals surface area contributed by atoms with Crippen molar-refractivity contribution in [1.29, 1.82) is 0 Å². The summed E-state index contributed by atoms with van der Waals surface area (Å²) in [4.78, 5) is 14.0. The Morgan fingerprint density at radius 3 is 2.63 bits per heavy atom. The summed E-state index contributed by atoms with van der Waals surface area (Å²) in [6.07, 6.45) is 6.55. The van der Waals surface area contributed by atoms with Crippen molar-refractivity contribution in [1.82, 2.24) is 19.4 Å². The number of methoxy groups -OCH3 is 1. The molecule has 0 bridgehead atoms. The molecule has 0 aliphatic carbocycles. The number of aromatic nitrogens is 3. The fourth-order valence-electron chi connectivity index (χ4n) is 4.28. The Hall–Kier alpha value is -3.20. The van der Waals surface area contributed by atoms with E-state index in [1.165, 1.54) is 11.1 Å². The molecule has 7 nitrogen and oxygen atoms in total. The van der Waals surface area contributed by atoms with Gasteiger partial charge in [0, 0.05) is 62.6 Å². The number of nitrogens with zero attached hydrogens (tertiary/aromatic N) is 5. The lowest BCUT2D eigenvalue weighted by atomic mass is 10.1. The Bertz CT molecular complexity index is 1200. The average Bonchev–Trinajstić information content (AvgIpc) is 3.61. The fraction of sp³-hybridized carbons (Fsp3) is 0.333. The quantitative estimate of drug-likeness (QED) is 0.329. The number of morpholine rings is 1. The monoisotopic (exact) mass is 489 g/mol. The highest BCUT2D eigenvalue weighted by Crippen LogP contribution is 2.26. The first kappa shape index (κ1) is 23.5. The number of hydrogen-bond acceptors (Lipinski definition) is 7. The summed E-state index contributed by atoms with van der Waals surface area (Å²) in [7, 11) is 1.71. The molecule has 0 amide bonds. The van der Waals surface area contributed by atoms with E-state index in [4.69, 9.17) is 14.5 Å². The Balaban J connectivity index is 1.35. The lowest BCUT2D eigenvalue weighted by molar-refractivity contribution is 0.0383. The molecule has 2 aromatic carbocycles. The number of hydrogen-bond donors (Lipinski definition) is 0. The van der Waals surface area contributed by atoms with Gasteiger partial charge in [-0.05, 0) is 35.4 Å². The predicted molar refractivity (Wildman–Crippen MR) is 140 cm³/mol. The van der Waals surface area contributed by atoms with E-state index < -0.39 is 0 Å². The first-order valence-corrected chi connectivity index (χ1v) is 12.8. The lowest BCUT2D eigenvalue weighted by Crippen LogP contribution is -2.37. The molecule has 1 fully saturated rings. The van der Waals surface area contributed by atoms with Crippen LogP contribution in [0.25, 0.3) is 5.69 Å². The third kappa shape index (κ3) is 6.28. The molecule has 2 aromatic heterocycles. The molecular formula is C27H31N5O2S. The fourth-order valence-corrected chi connectivity index (χ4v) is 5.14. The Morgan fingerprint density at radius 1 is 1.06 bits per heavy atom. The minimum Gasteiger partial charge on any atom is -0.497 e. The SMILES string of the molecule is COc1cccc(CN(Cc2cccc(-n3ccnc3)c2)c2nc(CCN3CCOCC3)cs2)c1. The molecular weight excluding hydrogens is 458 g/mol. The van der Waals surface area contributed by atoms with Crippen LogP contribution < -0.4 is 9.64 Å². The normalized spacial score (nSPS) is 14.2. The highest BCUT2D eigenvalue weighted by atomic mass is 32.1. The Labute approximate surface area is 210 Å². The van der Waals surface area contributed by atoms with Crippen molar-refractivity contribution in [2.45, 2.75) is 19.5 Å². The second-order valence-corrected chi connectivity index (χ2v) is 9.51. The number of anilines is 1. The summed E-state index contributed by atoms with van der Waals surface area (Å²) in [6.45, 7) is 6.20. The summed E-state index contributed by atoms with van der Waals surface area (Å²) >= 11 is 1.72. The maximum absolute atomic E-state index is 5.47. The maximum atomic E-state index is 5.47. The summed E-state index contributed by atoms with van der Waals surface area (Å²) in [5, 5.41) is 3.24. The van der Waals surface area contributed by atoms with Gasteiger partial charge in [0.1, 0.15) is 5.75 Å². The molecule has 0 radical (unpaired) electrons. The average molecular weight is 490 g/mol. The molecule has 1 saturated heterocycles. The molecule has 5 rings (SSSR count). The van der Waals surface area contributed by atoms with Gasteiger partial charge in [-0.3, -0.25) is 4.90 Å². The van der Waals surface area contributed by atoms with Crippen LogP contribution in [-0.4, -0.2) is 59.4 Å². The van der Waals surface area contributed by atoms with Crippen LogP contribution in [0.5, 0.6) is 5.75 Å². The van der Waals surface area contributed by atoms with E-state index in [2.05, 4.69) is 56.6 Å². The number of ether oxygens (including phenoxy) is 2.